The lowest BCUT2D eigenvalue weighted by molar-refractivity contribution is 0.00925. The van der Waals surface area contributed by atoms with Crippen molar-refractivity contribution in [2.24, 2.45) is 17.6 Å². The minimum absolute atomic E-state index is 0.365. The molecule has 0 radical (unpaired) electrons. The van der Waals surface area contributed by atoms with Crippen LogP contribution in [0.3, 0.4) is 0 Å². The highest BCUT2D eigenvalue weighted by Gasteiger charge is 2.34. The Bertz CT molecular complexity index is 289. The van der Waals surface area contributed by atoms with Crippen molar-refractivity contribution in [2.75, 3.05) is 20.1 Å². The summed E-state index contributed by atoms with van der Waals surface area (Å²) in [4.78, 5) is 2.34. The van der Waals surface area contributed by atoms with Gasteiger partial charge in [0, 0.05) is 19.1 Å². The van der Waals surface area contributed by atoms with Gasteiger partial charge in [0.25, 0.3) is 0 Å². The molecule has 0 aliphatic heterocycles. The first-order valence-corrected chi connectivity index (χ1v) is 8.69. The van der Waals surface area contributed by atoms with Crippen LogP contribution in [-0.4, -0.2) is 41.8 Å². The normalized spacial score (nSPS) is 33.8. The first kappa shape index (κ1) is 16.3. The Balaban J connectivity index is 1.80. The molecule has 0 saturated heterocycles. The number of hydrogen-bond donors (Lipinski definition) is 2. The molecule has 2 saturated carbocycles. The minimum atomic E-state index is -0.420. The predicted molar refractivity (Wildman–Crippen MR) is 84.6 cm³/mol. The molecule has 2 fully saturated rings. The smallest absolute Gasteiger partial charge is 0.0774 e. The van der Waals surface area contributed by atoms with E-state index >= 15 is 0 Å². The fourth-order valence-electron chi connectivity index (χ4n) is 4.42. The van der Waals surface area contributed by atoms with E-state index in [1.165, 1.54) is 44.9 Å². The van der Waals surface area contributed by atoms with Crippen LogP contribution in [-0.2, 0) is 0 Å². The highest BCUT2D eigenvalue weighted by Crippen LogP contribution is 2.33. The molecule has 3 N–H and O–H groups in total. The predicted octanol–water partition coefficient (Wildman–Crippen LogP) is 2.77. The van der Waals surface area contributed by atoms with Crippen molar-refractivity contribution in [3.05, 3.63) is 0 Å². The molecular weight excluding hydrogens is 248 g/mol. The highest BCUT2D eigenvalue weighted by atomic mass is 16.3. The quantitative estimate of drug-likeness (QED) is 0.787. The Labute approximate surface area is 124 Å². The van der Waals surface area contributed by atoms with Crippen LogP contribution < -0.4 is 5.73 Å². The summed E-state index contributed by atoms with van der Waals surface area (Å²) in [6.45, 7) is 4.17. The van der Waals surface area contributed by atoms with E-state index in [2.05, 4.69) is 18.9 Å². The maximum Gasteiger partial charge on any atom is 0.0774 e. The molecule has 3 nitrogen and oxygen atoms in total. The topological polar surface area (TPSA) is 49.5 Å². The molecule has 0 bridgehead atoms. The minimum Gasteiger partial charge on any atom is -0.389 e. The van der Waals surface area contributed by atoms with Gasteiger partial charge in [-0.15, -0.1) is 0 Å². The third-order valence-corrected chi connectivity index (χ3v) is 5.49. The Morgan fingerprint density at radius 2 is 1.95 bits per heavy atom. The Hall–Kier alpha value is -0.120. The second kappa shape index (κ2) is 7.24. The third-order valence-electron chi connectivity index (χ3n) is 5.49. The van der Waals surface area contributed by atoms with E-state index in [4.69, 9.17) is 5.73 Å². The number of hydrogen-bond acceptors (Lipinski definition) is 3. The zero-order valence-electron chi connectivity index (χ0n) is 13.5. The van der Waals surface area contributed by atoms with Gasteiger partial charge in [0.15, 0.2) is 0 Å². The summed E-state index contributed by atoms with van der Waals surface area (Å²) in [7, 11) is 2.16. The molecule has 2 rings (SSSR count). The molecule has 20 heavy (non-hydrogen) atoms. The maximum absolute atomic E-state index is 10.5. The van der Waals surface area contributed by atoms with Gasteiger partial charge >= 0.3 is 0 Å². The van der Waals surface area contributed by atoms with Gasteiger partial charge < -0.3 is 15.7 Å². The molecule has 0 aromatic carbocycles. The van der Waals surface area contributed by atoms with Crippen LogP contribution in [0, 0.1) is 11.8 Å². The van der Waals surface area contributed by atoms with Crippen LogP contribution in [0.15, 0.2) is 0 Å². The van der Waals surface area contributed by atoms with E-state index in [9.17, 15) is 5.11 Å². The van der Waals surface area contributed by atoms with E-state index in [1.54, 1.807) is 0 Å². The van der Waals surface area contributed by atoms with Gasteiger partial charge in [0.1, 0.15) is 0 Å². The van der Waals surface area contributed by atoms with Crippen molar-refractivity contribution in [3.8, 4) is 0 Å². The SMILES string of the molecule is CCCC1CCC(N)C(CN(C)CC2(O)CCCC2)C1. The number of nitrogens with two attached hydrogens (primary N) is 1. The molecule has 3 heteroatoms. The van der Waals surface area contributed by atoms with Gasteiger partial charge in [0.05, 0.1) is 5.60 Å². The summed E-state index contributed by atoms with van der Waals surface area (Å²) in [5, 5.41) is 10.5. The summed E-state index contributed by atoms with van der Waals surface area (Å²) in [6, 6.07) is 0.365. The number of rotatable bonds is 6. The molecule has 2 aliphatic carbocycles. The highest BCUT2D eigenvalue weighted by molar-refractivity contribution is 4.89. The van der Waals surface area contributed by atoms with Gasteiger partial charge in [0.2, 0.25) is 0 Å². The van der Waals surface area contributed by atoms with E-state index in [0.29, 0.717) is 12.0 Å². The maximum atomic E-state index is 10.5. The number of nitrogens with zero attached hydrogens (tertiary/aromatic N) is 1. The summed E-state index contributed by atoms with van der Waals surface area (Å²) < 4.78 is 0. The van der Waals surface area contributed by atoms with Crippen LogP contribution in [0.1, 0.15) is 64.7 Å². The lowest BCUT2D eigenvalue weighted by atomic mass is 9.76. The van der Waals surface area contributed by atoms with Crippen LogP contribution in [0.25, 0.3) is 0 Å². The van der Waals surface area contributed by atoms with E-state index in [1.807, 2.05) is 0 Å². The zero-order valence-corrected chi connectivity index (χ0v) is 13.5. The van der Waals surface area contributed by atoms with Crippen LogP contribution >= 0.6 is 0 Å². The largest absolute Gasteiger partial charge is 0.389 e. The molecule has 2 aliphatic rings. The van der Waals surface area contributed by atoms with Gasteiger partial charge in [-0.2, -0.15) is 0 Å². The van der Waals surface area contributed by atoms with E-state index in [0.717, 1.165) is 31.8 Å². The van der Waals surface area contributed by atoms with Crippen LogP contribution in [0.5, 0.6) is 0 Å². The molecule has 0 aromatic heterocycles. The van der Waals surface area contributed by atoms with Crippen molar-refractivity contribution in [1.82, 2.24) is 4.90 Å². The Morgan fingerprint density at radius 1 is 1.25 bits per heavy atom. The second-order valence-electron chi connectivity index (χ2n) is 7.52. The van der Waals surface area contributed by atoms with Crippen molar-refractivity contribution in [1.29, 1.82) is 0 Å². The van der Waals surface area contributed by atoms with E-state index < -0.39 is 5.60 Å². The van der Waals surface area contributed by atoms with Crippen molar-refractivity contribution in [2.45, 2.75) is 76.4 Å². The fourth-order valence-corrected chi connectivity index (χ4v) is 4.42. The summed E-state index contributed by atoms with van der Waals surface area (Å²) >= 11 is 0. The number of aliphatic hydroxyl groups is 1. The molecule has 0 aromatic rings. The first-order valence-electron chi connectivity index (χ1n) is 8.69. The van der Waals surface area contributed by atoms with Crippen LogP contribution in [0.4, 0.5) is 0 Å². The Kier molecular flexibility index (Phi) is 5.88. The summed E-state index contributed by atoms with van der Waals surface area (Å²) in [5.41, 5.74) is 5.92. The monoisotopic (exact) mass is 282 g/mol. The summed E-state index contributed by atoms with van der Waals surface area (Å²) in [6.07, 6.45) is 10.8. The molecule has 0 amide bonds. The van der Waals surface area contributed by atoms with Gasteiger partial charge in [-0.1, -0.05) is 32.6 Å². The second-order valence-corrected chi connectivity index (χ2v) is 7.52. The van der Waals surface area contributed by atoms with Crippen molar-refractivity contribution >= 4 is 0 Å². The van der Waals surface area contributed by atoms with E-state index in [-0.39, 0.29) is 0 Å². The molecule has 0 heterocycles. The van der Waals surface area contributed by atoms with Crippen LogP contribution in [0.2, 0.25) is 0 Å². The summed E-state index contributed by atoms with van der Waals surface area (Å²) in [5.74, 6) is 1.50. The average Bonchev–Trinajstić information content (AvgIpc) is 2.80. The molecule has 118 valence electrons. The Morgan fingerprint density at radius 3 is 2.60 bits per heavy atom. The molecule has 0 spiro atoms. The molecular formula is C17H34N2O. The van der Waals surface area contributed by atoms with Crippen molar-refractivity contribution in [3.63, 3.8) is 0 Å². The standard InChI is InChI=1S/C17H34N2O/c1-3-6-14-7-8-16(18)15(11-14)12-19(2)13-17(20)9-4-5-10-17/h14-16,20H,3-13,18H2,1-2H3. The first-order chi connectivity index (χ1) is 9.52. The molecule has 3 atom stereocenters. The van der Waals surface area contributed by atoms with Crippen molar-refractivity contribution < 1.29 is 5.11 Å². The van der Waals surface area contributed by atoms with Gasteiger partial charge in [-0.05, 0) is 51.0 Å². The number of likely N-dealkylation sites (N-methyl/N-ethyl adjacent to an activating group) is 1. The van der Waals surface area contributed by atoms with Gasteiger partial charge in [-0.3, -0.25) is 0 Å². The van der Waals surface area contributed by atoms with Gasteiger partial charge in [-0.25, -0.2) is 0 Å². The molecule has 3 unspecified atom stereocenters. The average molecular weight is 282 g/mol. The fraction of sp³-hybridized carbons (Fsp3) is 1.00. The zero-order chi connectivity index (χ0) is 14.6. The lowest BCUT2D eigenvalue weighted by Crippen LogP contribution is -2.46. The lowest BCUT2D eigenvalue weighted by Gasteiger charge is -2.38. The third kappa shape index (κ3) is 4.44.